The third-order valence-corrected chi connectivity index (χ3v) is 4.59. The van der Waals surface area contributed by atoms with E-state index >= 15 is 0 Å². The zero-order valence-electron chi connectivity index (χ0n) is 9.75. The third kappa shape index (κ3) is 2.82. The van der Waals surface area contributed by atoms with Crippen LogP contribution in [0.5, 0.6) is 0 Å². The van der Waals surface area contributed by atoms with Crippen LogP contribution in [0.1, 0.15) is 55.5 Å². The van der Waals surface area contributed by atoms with Crippen LogP contribution in [0.25, 0.3) is 0 Å². The minimum absolute atomic E-state index is 0.535. The summed E-state index contributed by atoms with van der Waals surface area (Å²) in [5.41, 5.74) is 1.44. The van der Waals surface area contributed by atoms with Crippen LogP contribution in [-0.4, -0.2) is 6.04 Å². The Kier molecular flexibility index (Phi) is 3.81. The van der Waals surface area contributed by atoms with E-state index in [-0.39, 0.29) is 0 Å². The Morgan fingerprint density at radius 2 is 2.07 bits per heavy atom. The molecule has 1 atom stereocenters. The quantitative estimate of drug-likeness (QED) is 0.815. The van der Waals surface area contributed by atoms with E-state index in [0.29, 0.717) is 6.04 Å². The van der Waals surface area contributed by atoms with E-state index in [1.54, 1.807) is 0 Å². The standard InChI is InChI=1S/C13H21NS/c1-10-8-9-15-13(10)11(2)14-12-6-4-3-5-7-12/h8-9,11-12,14H,3-7H2,1-2H3. The Balaban J connectivity index is 1.91. The number of thiophene rings is 1. The van der Waals surface area contributed by atoms with Gasteiger partial charge in [-0.2, -0.15) is 0 Å². The van der Waals surface area contributed by atoms with Gasteiger partial charge in [-0.05, 0) is 43.7 Å². The van der Waals surface area contributed by atoms with Crippen LogP contribution in [0.4, 0.5) is 0 Å². The largest absolute Gasteiger partial charge is 0.307 e. The van der Waals surface area contributed by atoms with Gasteiger partial charge in [-0.25, -0.2) is 0 Å². The highest BCUT2D eigenvalue weighted by molar-refractivity contribution is 7.10. The molecule has 0 amide bonds. The van der Waals surface area contributed by atoms with Gasteiger partial charge in [-0.1, -0.05) is 19.3 Å². The van der Waals surface area contributed by atoms with E-state index in [0.717, 1.165) is 6.04 Å². The molecule has 15 heavy (non-hydrogen) atoms. The number of rotatable bonds is 3. The van der Waals surface area contributed by atoms with Gasteiger partial charge in [0.25, 0.3) is 0 Å². The van der Waals surface area contributed by atoms with Gasteiger partial charge in [0.15, 0.2) is 0 Å². The molecule has 1 N–H and O–H groups in total. The maximum Gasteiger partial charge on any atom is 0.0390 e. The van der Waals surface area contributed by atoms with Crippen LogP contribution in [0.3, 0.4) is 0 Å². The molecule has 1 aliphatic carbocycles. The fourth-order valence-electron chi connectivity index (χ4n) is 2.53. The summed E-state index contributed by atoms with van der Waals surface area (Å²) >= 11 is 1.88. The summed E-state index contributed by atoms with van der Waals surface area (Å²) < 4.78 is 0. The Morgan fingerprint density at radius 3 is 2.67 bits per heavy atom. The molecule has 0 spiro atoms. The SMILES string of the molecule is Cc1ccsc1C(C)NC1CCCCC1. The van der Waals surface area contributed by atoms with Crippen molar-refractivity contribution in [3.8, 4) is 0 Å². The molecular formula is C13H21NS. The maximum absolute atomic E-state index is 3.77. The van der Waals surface area contributed by atoms with Gasteiger partial charge in [0.05, 0.1) is 0 Å². The second-order valence-corrected chi connectivity index (χ2v) is 5.64. The normalized spacial score (nSPS) is 20.4. The van der Waals surface area contributed by atoms with Gasteiger partial charge in [-0.15, -0.1) is 11.3 Å². The molecule has 1 nitrogen and oxygen atoms in total. The summed E-state index contributed by atoms with van der Waals surface area (Å²) in [6.07, 6.45) is 7.00. The predicted molar refractivity (Wildman–Crippen MR) is 67.5 cm³/mol. The van der Waals surface area contributed by atoms with E-state index < -0.39 is 0 Å². The van der Waals surface area contributed by atoms with Crippen molar-refractivity contribution in [2.45, 2.75) is 58.0 Å². The minimum atomic E-state index is 0.535. The molecule has 1 unspecified atom stereocenters. The molecule has 1 saturated carbocycles. The summed E-state index contributed by atoms with van der Waals surface area (Å²) in [5, 5.41) is 5.97. The predicted octanol–water partition coefficient (Wildman–Crippen LogP) is 4.04. The average Bonchev–Trinajstić information content (AvgIpc) is 2.66. The molecule has 1 fully saturated rings. The van der Waals surface area contributed by atoms with Crippen LogP contribution < -0.4 is 5.32 Å². The highest BCUT2D eigenvalue weighted by Gasteiger charge is 2.17. The lowest BCUT2D eigenvalue weighted by Gasteiger charge is -2.26. The van der Waals surface area contributed by atoms with Crippen LogP contribution in [0.15, 0.2) is 11.4 Å². The Morgan fingerprint density at radius 1 is 1.33 bits per heavy atom. The average molecular weight is 223 g/mol. The van der Waals surface area contributed by atoms with Gasteiger partial charge < -0.3 is 5.32 Å². The second-order valence-electron chi connectivity index (χ2n) is 4.69. The van der Waals surface area contributed by atoms with E-state index in [2.05, 4.69) is 30.6 Å². The van der Waals surface area contributed by atoms with Crippen LogP contribution in [0, 0.1) is 6.92 Å². The first-order chi connectivity index (χ1) is 7.27. The van der Waals surface area contributed by atoms with Gasteiger partial charge in [-0.3, -0.25) is 0 Å². The van der Waals surface area contributed by atoms with Crippen molar-refractivity contribution in [1.29, 1.82) is 0 Å². The molecule has 84 valence electrons. The van der Waals surface area contributed by atoms with Crippen LogP contribution in [0.2, 0.25) is 0 Å². The molecule has 1 aromatic rings. The highest BCUT2D eigenvalue weighted by atomic mass is 32.1. The number of aryl methyl sites for hydroxylation is 1. The number of nitrogens with one attached hydrogen (secondary N) is 1. The number of hydrogen-bond donors (Lipinski definition) is 1. The number of hydrogen-bond acceptors (Lipinski definition) is 2. The fourth-order valence-corrected chi connectivity index (χ4v) is 3.47. The molecule has 1 aromatic heterocycles. The Labute approximate surface area is 96.9 Å². The molecule has 2 heteroatoms. The highest BCUT2D eigenvalue weighted by Crippen LogP contribution is 2.26. The monoisotopic (exact) mass is 223 g/mol. The second kappa shape index (κ2) is 5.13. The summed E-state index contributed by atoms with van der Waals surface area (Å²) in [5.74, 6) is 0. The van der Waals surface area contributed by atoms with Crippen LogP contribution in [-0.2, 0) is 0 Å². The minimum Gasteiger partial charge on any atom is -0.307 e. The first-order valence-corrected chi connectivity index (χ1v) is 6.95. The lowest BCUT2D eigenvalue weighted by Crippen LogP contribution is -2.33. The van der Waals surface area contributed by atoms with Crippen molar-refractivity contribution in [3.63, 3.8) is 0 Å². The first kappa shape index (κ1) is 11.2. The van der Waals surface area contributed by atoms with E-state index in [1.165, 1.54) is 42.5 Å². The summed E-state index contributed by atoms with van der Waals surface area (Å²) in [4.78, 5) is 1.51. The van der Waals surface area contributed by atoms with Crippen molar-refractivity contribution in [1.82, 2.24) is 5.32 Å². The van der Waals surface area contributed by atoms with Crippen molar-refractivity contribution < 1.29 is 0 Å². The fraction of sp³-hybridized carbons (Fsp3) is 0.692. The lowest BCUT2D eigenvalue weighted by atomic mass is 9.95. The molecule has 0 aliphatic heterocycles. The summed E-state index contributed by atoms with van der Waals surface area (Å²) in [6, 6.07) is 3.52. The molecule has 0 aromatic carbocycles. The van der Waals surface area contributed by atoms with Crippen molar-refractivity contribution >= 4 is 11.3 Å². The molecule has 0 radical (unpaired) electrons. The molecular weight excluding hydrogens is 202 g/mol. The Bertz CT molecular complexity index is 299. The van der Waals surface area contributed by atoms with E-state index in [9.17, 15) is 0 Å². The van der Waals surface area contributed by atoms with Gasteiger partial charge in [0, 0.05) is 17.0 Å². The smallest absolute Gasteiger partial charge is 0.0390 e. The first-order valence-electron chi connectivity index (χ1n) is 6.07. The van der Waals surface area contributed by atoms with Gasteiger partial charge >= 0.3 is 0 Å². The molecule has 1 heterocycles. The van der Waals surface area contributed by atoms with Gasteiger partial charge in [0.1, 0.15) is 0 Å². The molecule has 0 bridgehead atoms. The molecule has 2 rings (SSSR count). The molecule has 1 aliphatic rings. The van der Waals surface area contributed by atoms with Crippen molar-refractivity contribution in [2.24, 2.45) is 0 Å². The topological polar surface area (TPSA) is 12.0 Å². The van der Waals surface area contributed by atoms with Crippen molar-refractivity contribution in [3.05, 3.63) is 21.9 Å². The Hall–Kier alpha value is -0.340. The maximum atomic E-state index is 3.77. The summed E-state index contributed by atoms with van der Waals surface area (Å²) in [6.45, 7) is 4.51. The van der Waals surface area contributed by atoms with Crippen molar-refractivity contribution in [2.75, 3.05) is 0 Å². The third-order valence-electron chi connectivity index (χ3n) is 3.39. The lowest BCUT2D eigenvalue weighted by molar-refractivity contribution is 0.348. The zero-order chi connectivity index (χ0) is 10.7. The zero-order valence-corrected chi connectivity index (χ0v) is 10.6. The summed E-state index contributed by atoms with van der Waals surface area (Å²) in [7, 11) is 0. The van der Waals surface area contributed by atoms with Crippen LogP contribution >= 0.6 is 11.3 Å². The van der Waals surface area contributed by atoms with Gasteiger partial charge in [0.2, 0.25) is 0 Å². The van der Waals surface area contributed by atoms with E-state index in [4.69, 9.17) is 0 Å². The molecule has 0 saturated heterocycles. The van der Waals surface area contributed by atoms with E-state index in [1.807, 2.05) is 11.3 Å².